The van der Waals surface area contributed by atoms with Crippen LogP contribution in [0.1, 0.15) is 26.3 Å². The molecule has 0 spiro atoms. The molecule has 4 heteroatoms. The molecule has 1 aromatic rings. The summed E-state index contributed by atoms with van der Waals surface area (Å²) in [7, 11) is 0. The highest BCUT2D eigenvalue weighted by atomic mass is 16.6. The second-order valence-corrected chi connectivity index (χ2v) is 5.32. The number of carbonyl (C=O) groups excluding carboxylic acids is 1. The fraction of sp³-hybridized carbons (Fsp3) is 0.500. The number of aliphatic hydroxyl groups excluding tert-OH is 1. The molecule has 0 aromatic heterocycles. The number of nitrogens with two attached hydrogens (primary N) is 1. The largest absolute Gasteiger partial charge is 0.369 e. The van der Waals surface area contributed by atoms with Crippen LogP contribution in [0.4, 0.5) is 0 Å². The van der Waals surface area contributed by atoms with E-state index in [4.69, 9.17) is 10.5 Å². The smallest absolute Gasteiger partial charge is 0.225 e. The zero-order valence-corrected chi connectivity index (χ0v) is 11.1. The number of ether oxygens (including phenoxy) is 1. The molecule has 3 N–H and O–H groups in total. The van der Waals surface area contributed by atoms with Crippen molar-refractivity contribution >= 4 is 5.91 Å². The zero-order valence-electron chi connectivity index (χ0n) is 11.1. The molecule has 2 unspecified atom stereocenters. The summed E-state index contributed by atoms with van der Waals surface area (Å²) in [5.41, 5.74) is 5.74. The highest BCUT2D eigenvalue weighted by Gasteiger charge is 2.29. The minimum Gasteiger partial charge on any atom is -0.369 e. The highest BCUT2D eigenvalue weighted by Crippen LogP contribution is 2.18. The second kappa shape index (κ2) is 5.98. The first-order valence-electron chi connectivity index (χ1n) is 5.99. The fourth-order valence-electron chi connectivity index (χ4n) is 1.65. The van der Waals surface area contributed by atoms with Crippen LogP contribution in [0.25, 0.3) is 0 Å². The van der Waals surface area contributed by atoms with E-state index in [9.17, 15) is 9.90 Å². The molecule has 100 valence electrons. The highest BCUT2D eigenvalue weighted by molar-refractivity contribution is 5.77. The Morgan fingerprint density at radius 2 is 1.89 bits per heavy atom. The van der Waals surface area contributed by atoms with Crippen molar-refractivity contribution in [2.45, 2.75) is 39.1 Å². The molecule has 1 aromatic carbocycles. The van der Waals surface area contributed by atoms with Gasteiger partial charge >= 0.3 is 0 Å². The van der Waals surface area contributed by atoms with Crippen LogP contribution < -0.4 is 5.73 Å². The molecule has 4 nitrogen and oxygen atoms in total. The van der Waals surface area contributed by atoms with Gasteiger partial charge in [-0.05, 0) is 32.8 Å². The lowest BCUT2D eigenvalue weighted by Gasteiger charge is -2.28. The summed E-state index contributed by atoms with van der Waals surface area (Å²) in [4.78, 5) is 11.4. The molecule has 0 fully saturated rings. The van der Waals surface area contributed by atoms with E-state index < -0.39 is 23.7 Å². The minimum absolute atomic E-state index is 0.368. The van der Waals surface area contributed by atoms with Crippen LogP contribution in [0.15, 0.2) is 30.3 Å². The van der Waals surface area contributed by atoms with Gasteiger partial charge in [0.05, 0.1) is 11.5 Å². The van der Waals surface area contributed by atoms with Crippen molar-refractivity contribution in [3.8, 4) is 0 Å². The SMILES string of the molecule is CC(C)(C)OC(O)C(Cc1ccccc1)C(N)=O. The van der Waals surface area contributed by atoms with Gasteiger partial charge in [-0.3, -0.25) is 4.79 Å². The first-order valence-corrected chi connectivity index (χ1v) is 5.99. The number of primary amides is 1. The molecule has 0 saturated carbocycles. The Kier molecular flexibility index (Phi) is 4.87. The van der Waals surface area contributed by atoms with Crippen LogP contribution in [0, 0.1) is 5.92 Å². The Morgan fingerprint density at radius 3 is 2.33 bits per heavy atom. The monoisotopic (exact) mass is 251 g/mol. The zero-order chi connectivity index (χ0) is 13.8. The summed E-state index contributed by atoms with van der Waals surface area (Å²) >= 11 is 0. The van der Waals surface area contributed by atoms with Crippen LogP contribution >= 0.6 is 0 Å². The number of hydrogen-bond acceptors (Lipinski definition) is 3. The molecule has 0 heterocycles. The van der Waals surface area contributed by atoms with Crippen LogP contribution in [-0.4, -0.2) is 22.9 Å². The first-order chi connectivity index (χ1) is 8.29. The maximum atomic E-state index is 11.4. The van der Waals surface area contributed by atoms with Gasteiger partial charge < -0.3 is 15.6 Å². The number of rotatable bonds is 5. The summed E-state index contributed by atoms with van der Waals surface area (Å²) in [6.45, 7) is 5.45. The van der Waals surface area contributed by atoms with E-state index in [1.165, 1.54) is 0 Å². The van der Waals surface area contributed by atoms with Gasteiger partial charge in [-0.25, -0.2) is 0 Å². The lowest BCUT2D eigenvalue weighted by molar-refractivity contribution is -0.192. The number of carbonyl (C=O) groups is 1. The Bertz CT molecular complexity index is 384. The first kappa shape index (κ1) is 14.7. The maximum absolute atomic E-state index is 11.4. The predicted octanol–water partition coefficient (Wildman–Crippen LogP) is 1.46. The molecule has 0 aliphatic heterocycles. The van der Waals surface area contributed by atoms with Gasteiger partial charge in [0.1, 0.15) is 0 Å². The van der Waals surface area contributed by atoms with Gasteiger partial charge in [0.15, 0.2) is 6.29 Å². The second-order valence-electron chi connectivity index (χ2n) is 5.32. The Morgan fingerprint density at radius 1 is 1.33 bits per heavy atom. The topological polar surface area (TPSA) is 72.6 Å². The summed E-state index contributed by atoms with van der Waals surface area (Å²) in [5.74, 6) is -1.30. The van der Waals surface area contributed by atoms with Crippen molar-refractivity contribution in [1.29, 1.82) is 0 Å². The summed E-state index contributed by atoms with van der Waals surface area (Å²) in [5, 5.41) is 9.95. The van der Waals surface area contributed by atoms with Crippen LogP contribution in [0.2, 0.25) is 0 Å². The molecule has 0 aliphatic rings. The lowest BCUT2D eigenvalue weighted by atomic mass is 9.97. The van der Waals surface area contributed by atoms with E-state index in [-0.39, 0.29) is 0 Å². The molecule has 0 bridgehead atoms. The van der Waals surface area contributed by atoms with E-state index >= 15 is 0 Å². The summed E-state index contributed by atoms with van der Waals surface area (Å²) < 4.78 is 5.39. The van der Waals surface area contributed by atoms with Crippen LogP contribution in [0.3, 0.4) is 0 Å². The minimum atomic E-state index is -1.19. The lowest BCUT2D eigenvalue weighted by Crippen LogP contribution is -2.40. The number of aliphatic hydroxyl groups is 1. The summed E-state index contributed by atoms with van der Waals surface area (Å²) in [6, 6.07) is 9.43. The number of hydrogen-bond donors (Lipinski definition) is 2. The molecule has 1 rings (SSSR count). The van der Waals surface area contributed by atoms with E-state index in [2.05, 4.69) is 0 Å². The molecule has 0 aliphatic carbocycles. The average molecular weight is 251 g/mol. The van der Waals surface area contributed by atoms with E-state index in [0.717, 1.165) is 5.56 Å². The fourth-order valence-corrected chi connectivity index (χ4v) is 1.65. The van der Waals surface area contributed by atoms with Gasteiger partial charge in [-0.2, -0.15) is 0 Å². The molecular formula is C14H21NO3. The van der Waals surface area contributed by atoms with Crippen molar-refractivity contribution in [3.05, 3.63) is 35.9 Å². The Labute approximate surface area is 108 Å². The molecular weight excluding hydrogens is 230 g/mol. The van der Waals surface area contributed by atoms with E-state index in [1.807, 2.05) is 51.1 Å². The van der Waals surface area contributed by atoms with Crippen LogP contribution in [-0.2, 0) is 16.0 Å². The summed E-state index contributed by atoms with van der Waals surface area (Å²) in [6.07, 6.45) is -0.823. The van der Waals surface area contributed by atoms with Crippen molar-refractivity contribution < 1.29 is 14.6 Å². The molecule has 0 radical (unpaired) electrons. The van der Waals surface area contributed by atoms with E-state index in [0.29, 0.717) is 6.42 Å². The number of benzene rings is 1. The van der Waals surface area contributed by atoms with Crippen molar-refractivity contribution in [2.24, 2.45) is 11.7 Å². The predicted molar refractivity (Wildman–Crippen MR) is 69.7 cm³/mol. The Hall–Kier alpha value is -1.39. The van der Waals surface area contributed by atoms with Gasteiger partial charge in [-0.15, -0.1) is 0 Å². The third-order valence-electron chi connectivity index (χ3n) is 2.48. The third-order valence-corrected chi connectivity index (χ3v) is 2.48. The Balaban J connectivity index is 2.74. The van der Waals surface area contributed by atoms with Gasteiger partial charge in [0.25, 0.3) is 0 Å². The molecule has 1 amide bonds. The van der Waals surface area contributed by atoms with Gasteiger partial charge in [0.2, 0.25) is 5.91 Å². The number of amides is 1. The third kappa shape index (κ3) is 4.85. The van der Waals surface area contributed by atoms with Gasteiger partial charge in [-0.1, -0.05) is 30.3 Å². The maximum Gasteiger partial charge on any atom is 0.225 e. The van der Waals surface area contributed by atoms with E-state index in [1.54, 1.807) is 0 Å². The van der Waals surface area contributed by atoms with Crippen LogP contribution in [0.5, 0.6) is 0 Å². The molecule has 2 atom stereocenters. The quantitative estimate of drug-likeness (QED) is 0.778. The van der Waals surface area contributed by atoms with Gasteiger partial charge in [0, 0.05) is 0 Å². The normalized spacial score (nSPS) is 15.1. The standard InChI is InChI=1S/C14H21NO3/c1-14(2,3)18-13(17)11(12(15)16)9-10-7-5-4-6-8-10/h4-8,11,13,17H,9H2,1-3H3,(H2,15,16). The van der Waals surface area contributed by atoms with Crippen molar-refractivity contribution in [2.75, 3.05) is 0 Å². The van der Waals surface area contributed by atoms with Crippen molar-refractivity contribution in [3.63, 3.8) is 0 Å². The molecule has 18 heavy (non-hydrogen) atoms. The average Bonchev–Trinajstić information content (AvgIpc) is 2.24. The van der Waals surface area contributed by atoms with Crippen molar-refractivity contribution in [1.82, 2.24) is 0 Å². The molecule has 0 saturated heterocycles.